The maximum Gasteiger partial charge on any atom is 0.439 e. The summed E-state index contributed by atoms with van der Waals surface area (Å²) in [4.78, 5) is 20.7. The monoisotopic (exact) mass is 331 g/mol. The van der Waals surface area contributed by atoms with Gasteiger partial charge in [-0.15, -0.1) is 0 Å². The van der Waals surface area contributed by atoms with Crippen molar-refractivity contribution < 1.29 is 32.7 Å². The topological polar surface area (TPSA) is 89.7 Å². The van der Waals surface area contributed by atoms with Crippen molar-refractivity contribution in [1.29, 1.82) is 0 Å². The molecule has 0 bridgehead atoms. The van der Waals surface area contributed by atoms with Crippen LogP contribution < -0.4 is 0 Å². The molecule has 23 heavy (non-hydrogen) atoms. The Morgan fingerprint density at radius 2 is 1.87 bits per heavy atom. The molecule has 0 aliphatic carbocycles. The first kappa shape index (κ1) is 18.4. The van der Waals surface area contributed by atoms with Crippen molar-refractivity contribution in [3.05, 3.63) is 63.9 Å². The van der Waals surface area contributed by atoms with Crippen LogP contribution in [0.1, 0.15) is 5.56 Å². The van der Waals surface area contributed by atoms with E-state index < -0.39 is 28.4 Å². The lowest BCUT2D eigenvalue weighted by Crippen LogP contribution is -2.55. The van der Waals surface area contributed by atoms with Crippen LogP contribution in [0.5, 0.6) is 0 Å². The zero-order valence-electron chi connectivity index (χ0n) is 11.8. The molecule has 1 aromatic rings. The van der Waals surface area contributed by atoms with Gasteiger partial charge in [-0.05, 0) is 5.56 Å². The average molecular weight is 331 g/mol. The molecule has 1 N–H and O–H groups in total. The lowest BCUT2D eigenvalue weighted by Gasteiger charge is -2.24. The first-order valence-corrected chi connectivity index (χ1v) is 6.10. The largest absolute Gasteiger partial charge is 0.466 e. The van der Waals surface area contributed by atoms with Crippen LogP contribution in [-0.2, 0) is 9.53 Å². The van der Waals surface area contributed by atoms with E-state index in [9.17, 15) is 33.2 Å². The molecule has 1 atom stereocenters. The van der Waals surface area contributed by atoms with Crippen LogP contribution in [0.3, 0.4) is 0 Å². The van der Waals surface area contributed by atoms with E-state index in [0.717, 1.165) is 6.08 Å². The van der Waals surface area contributed by atoms with E-state index in [1.807, 2.05) is 0 Å². The fourth-order valence-electron chi connectivity index (χ4n) is 1.64. The zero-order chi connectivity index (χ0) is 17.7. The number of rotatable bonds is 5. The number of carbonyl (C=O) groups is 1. The van der Waals surface area contributed by atoms with Crippen molar-refractivity contribution in [1.82, 2.24) is 0 Å². The average Bonchev–Trinajstić information content (AvgIpc) is 2.49. The predicted octanol–water partition coefficient (Wildman–Crippen LogP) is 2.33. The smallest absolute Gasteiger partial charge is 0.439 e. The molecule has 0 heterocycles. The standard InChI is InChI=1S/C14H12F3NO5/c1-23-12(19)13(20,14(15,16)17)11(18(21)22)9-5-8-10-6-3-2-4-7-10/h2-9,20H,1H3/b8-5+,11-9-. The highest BCUT2D eigenvalue weighted by molar-refractivity contribution is 5.84. The summed E-state index contributed by atoms with van der Waals surface area (Å²) in [6.45, 7) is 0. The van der Waals surface area contributed by atoms with Gasteiger partial charge in [0.2, 0.25) is 0 Å². The first-order chi connectivity index (χ1) is 10.6. The number of ether oxygens (including phenoxy) is 1. The molecule has 1 rings (SSSR count). The number of methoxy groups -OCH3 is 1. The second kappa shape index (κ2) is 7.05. The predicted molar refractivity (Wildman–Crippen MR) is 73.6 cm³/mol. The van der Waals surface area contributed by atoms with Gasteiger partial charge in [0, 0.05) is 6.08 Å². The van der Waals surface area contributed by atoms with E-state index in [-0.39, 0.29) is 0 Å². The van der Waals surface area contributed by atoms with Crippen LogP contribution >= 0.6 is 0 Å². The summed E-state index contributed by atoms with van der Waals surface area (Å²) in [5.74, 6) is -2.19. The van der Waals surface area contributed by atoms with Crippen molar-refractivity contribution in [2.75, 3.05) is 7.11 Å². The number of aliphatic hydroxyl groups is 1. The van der Waals surface area contributed by atoms with Gasteiger partial charge in [-0.2, -0.15) is 13.2 Å². The summed E-state index contributed by atoms with van der Waals surface area (Å²) >= 11 is 0. The molecule has 0 spiro atoms. The molecule has 0 radical (unpaired) electrons. The highest BCUT2D eigenvalue weighted by Crippen LogP contribution is 2.37. The minimum atomic E-state index is -5.63. The number of hydrogen-bond donors (Lipinski definition) is 1. The summed E-state index contributed by atoms with van der Waals surface area (Å²) in [5.41, 5.74) is -5.57. The van der Waals surface area contributed by atoms with Gasteiger partial charge < -0.3 is 9.84 Å². The normalized spacial score (nSPS) is 15.3. The van der Waals surface area contributed by atoms with Gasteiger partial charge in [0.05, 0.1) is 12.0 Å². The molecule has 0 aromatic heterocycles. The SMILES string of the molecule is COC(=O)C(O)(/C(=C/C=C/c1ccccc1)[N+](=O)[O-])C(F)(F)F. The third-order valence-corrected chi connectivity index (χ3v) is 2.80. The molecule has 9 heteroatoms. The summed E-state index contributed by atoms with van der Waals surface area (Å²) in [6.07, 6.45) is -3.03. The summed E-state index contributed by atoms with van der Waals surface area (Å²) < 4.78 is 42.8. The van der Waals surface area contributed by atoms with Crippen LogP contribution in [0.15, 0.2) is 48.2 Å². The molecular formula is C14H12F3NO5. The van der Waals surface area contributed by atoms with Gasteiger partial charge in [-0.25, -0.2) is 4.79 Å². The van der Waals surface area contributed by atoms with E-state index in [0.29, 0.717) is 18.7 Å². The number of allylic oxidation sites excluding steroid dienone is 2. The lowest BCUT2D eigenvalue weighted by molar-refractivity contribution is -0.455. The molecule has 0 saturated heterocycles. The number of alkyl halides is 3. The molecule has 0 aliphatic heterocycles. The molecule has 1 aromatic carbocycles. The van der Waals surface area contributed by atoms with Crippen molar-refractivity contribution in [3.8, 4) is 0 Å². The van der Waals surface area contributed by atoms with Crippen LogP contribution in [-0.4, -0.2) is 34.9 Å². The molecular weight excluding hydrogens is 319 g/mol. The van der Waals surface area contributed by atoms with Gasteiger partial charge in [-0.1, -0.05) is 42.5 Å². The van der Waals surface area contributed by atoms with Crippen LogP contribution in [0, 0.1) is 10.1 Å². The van der Waals surface area contributed by atoms with Crippen molar-refractivity contribution in [2.24, 2.45) is 0 Å². The van der Waals surface area contributed by atoms with Crippen LogP contribution in [0.4, 0.5) is 13.2 Å². The number of halogens is 3. The van der Waals surface area contributed by atoms with Gasteiger partial charge in [0.25, 0.3) is 5.70 Å². The van der Waals surface area contributed by atoms with Crippen molar-refractivity contribution in [2.45, 2.75) is 11.8 Å². The number of benzene rings is 1. The van der Waals surface area contributed by atoms with Gasteiger partial charge in [0.1, 0.15) is 0 Å². The fourth-order valence-corrected chi connectivity index (χ4v) is 1.64. The number of esters is 1. The van der Waals surface area contributed by atoms with Crippen molar-refractivity contribution in [3.63, 3.8) is 0 Å². The summed E-state index contributed by atoms with van der Waals surface area (Å²) in [7, 11) is 0.580. The number of hydrogen-bond acceptors (Lipinski definition) is 5. The second-order valence-corrected chi connectivity index (χ2v) is 4.28. The van der Waals surface area contributed by atoms with E-state index in [2.05, 4.69) is 4.74 Å². The Morgan fingerprint density at radius 1 is 1.30 bits per heavy atom. The minimum absolute atomic E-state index is 0.400. The Kier molecular flexibility index (Phi) is 5.63. The van der Waals surface area contributed by atoms with E-state index >= 15 is 0 Å². The molecule has 0 aliphatic rings. The number of nitrogens with zero attached hydrogens (tertiary/aromatic N) is 1. The molecule has 6 nitrogen and oxygen atoms in total. The Bertz CT molecular complexity index is 640. The highest BCUT2D eigenvalue weighted by atomic mass is 19.4. The Morgan fingerprint density at radius 3 is 2.30 bits per heavy atom. The molecule has 0 saturated carbocycles. The number of carbonyl (C=O) groups excluding carboxylic acids is 1. The summed E-state index contributed by atoms with van der Waals surface area (Å²) in [6, 6.07) is 8.21. The molecule has 124 valence electrons. The first-order valence-electron chi connectivity index (χ1n) is 6.10. The third-order valence-electron chi connectivity index (χ3n) is 2.80. The van der Waals surface area contributed by atoms with E-state index in [4.69, 9.17) is 0 Å². The summed E-state index contributed by atoms with van der Waals surface area (Å²) in [5, 5.41) is 20.5. The van der Waals surface area contributed by atoms with Crippen LogP contribution in [0.2, 0.25) is 0 Å². The maximum absolute atomic E-state index is 13.0. The number of nitro groups is 1. The molecule has 0 amide bonds. The van der Waals surface area contributed by atoms with Gasteiger partial charge in [0.15, 0.2) is 0 Å². The fraction of sp³-hybridized carbons (Fsp3) is 0.214. The molecule has 0 fully saturated rings. The Labute approximate surface area is 128 Å². The lowest BCUT2D eigenvalue weighted by atomic mass is 9.98. The van der Waals surface area contributed by atoms with Crippen molar-refractivity contribution >= 4 is 12.0 Å². The van der Waals surface area contributed by atoms with E-state index in [1.165, 1.54) is 6.08 Å². The maximum atomic E-state index is 13.0. The highest BCUT2D eigenvalue weighted by Gasteiger charge is 2.68. The van der Waals surface area contributed by atoms with E-state index in [1.54, 1.807) is 30.3 Å². The molecule has 1 unspecified atom stereocenters. The zero-order valence-corrected chi connectivity index (χ0v) is 11.8. The minimum Gasteiger partial charge on any atom is -0.466 e. The van der Waals surface area contributed by atoms with Gasteiger partial charge >= 0.3 is 17.7 Å². The van der Waals surface area contributed by atoms with Gasteiger partial charge in [-0.3, -0.25) is 10.1 Å². The van der Waals surface area contributed by atoms with Crippen LogP contribution in [0.25, 0.3) is 6.08 Å². The Balaban J connectivity index is 3.32. The Hall–Kier alpha value is -2.68. The quantitative estimate of drug-likeness (QED) is 0.387. The third kappa shape index (κ3) is 3.95. The second-order valence-electron chi connectivity index (χ2n) is 4.28.